The Kier molecular flexibility index (Phi) is 3.96. The first-order chi connectivity index (χ1) is 11.0. The topological polar surface area (TPSA) is 59.1 Å². The maximum atomic E-state index is 12.3. The highest BCUT2D eigenvalue weighted by Gasteiger charge is 2.12. The van der Waals surface area contributed by atoms with E-state index in [9.17, 15) is 9.59 Å². The van der Waals surface area contributed by atoms with Crippen molar-refractivity contribution in [3.8, 4) is 0 Å². The monoisotopic (exact) mass is 324 g/mol. The van der Waals surface area contributed by atoms with Gasteiger partial charge in [0.2, 0.25) is 0 Å². The molecule has 1 heterocycles. The van der Waals surface area contributed by atoms with Crippen LogP contribution in [0.1, 0.15) is 38.8 Å². The number of hydrogen-bond donors (Lipinski definition) is 1. The molecule has 0 radical (unpaired) electrons. The maximum Gasteiger partial charge on any atom is 0.257 e. The van der Waals surface area contributed by atoms with Crippen molar-refractivity contribution >= 4 is 38.4 Å². The molecule has 1 amide bonds. The maximum absolute atomic E-state index is 12.3. The van der Waals surface area contributed by atoms with Crippen LogP contribution in [0.25, 0.3) is 10.2 Å². The van der Waals surface area contributed by atoms with E-state index in [-0.39, 0.29) is 11.7 Å². The predicted molar refractivity (Wildman–Crippen MR) is 93.5 cm³/mol. The minimum atomic E-state index is -0.228. The third-order valence-corrected chi connectivity index (χ3v) is 4.79. The molecule has 23 heavy (non-hydrogen) atoms. The van der Waals surface area contributed by atoms with E-state index in [0.717, 1.165) is 15.8 Å². The number of nitrogens with zero attached hydrogens (tertiary/aromatic N) is 1. The Morgan fingerprint density at radius 2 is 1.65 bits per heavy atom. The van der Waals surface area contributed by atoms with Gasteiger partial charge in [-0.15, -0.1) is 0 Å². The van der Waals surface area contributed by atoms with Crippen molar-refractivity contribution in [3.63, 3.8) is 0 Å². The first kappa shape index (κ1) is 15.4. The number of nitrogens with one attached hydrogen (secondary N) is 1. The second-order valence-electron chi connectivity index (χ2n) is 5.46. The van der Waals surface area contributed by atoms with Gasteiger partial charge >= 0.3 is 0 Å². The number of carbonyl (C=O) groups excluding carboxylic acids is 2. The van der Waals surface area contributed by atoms with E-state index in [1.807, 2.05) is 19.9 Å². The zero-order chi connectivity index (χ0) is 16.6. The normalized spacial score (nSPS) is 10.7. The van der Waals surface area contributed by atoms with Gasteiger partial charge in [-0.1, -0.05) is 29.5 Å². The minimum absolute atomic E-state index is 0.0195. The lowest BCUT2D eigenvalue weighted by Gasteiger charge is -2.02. The Morgan fingerprint density at radius 1 is 1.00 bits per heavy atom. The molecule has 0 bridgehead atoms. The Bertz CT molecular complexity index is 911. The summed E-state index contributed by atoms with van der Waals surface area (Å²) in [6.45, 7) is 5.58. The largest absolute Gasteiger partial charge is 0.298 e. The molecule has 0 unspecified atom stereocenters. The number of Topliss-reactive ketones (excluding diaryl/α,β-unsaturated/α-hetero) is 1. The molecule has 5 heteroatoms. The van der Waals surface area contributed by atoms with Crippen LogP contribution in [-0.2, 0) is 0 Å². The van der Waals surface area contributed by atoms with Gasteiger partial charge in [0.25, 0.3) is 5.91 Å². The number of anilines is 1. The zero-order valence-corrected chi connectivity index (χ0v) is 14.0. The molecule has 0 fully saturated rings. The van der Waals surface area contributed by atoms with Crippen molar-refractivity contribution in [2.45, 2.75) is 20.8 Å². The summed E-state index contributed by atoms with van der Waals surface area (Å²) in [7, 11) is 0. The van der Waals surface area contributed by atoms with E-state index < -0.39 is 0 Å². The number of rotatable bonds is 3. The summed E-state index contributed by atoms with van der Waals surface area (Å²) in [5.41, 5.74) is 4.33. The highest BCUT2D eigenvalue weighted by molar-refractivity contribution is 7.22. The fourth-order valence-corrected chi connectivity index (χ4v) is 3.23. The molecule has 0 aliphatic heterocycles. The molecule has 3 aromatic rings. The summed E-state index contributed by atoms with van der Waals surface area (Å²) in [6.07, 6.45) is 0. The summed E-state index contributed by atoms with van der Waals surface area (Å²) in [6, 6.07) is 10.7. The van der Waals surface area contributed by atoms with Gasteiger partial charge < -0.3 is 0 Å². The van der Waals surface area contributed by atoms with Gasteiger partial charge in [-0.2, -0.15) is 0 Å². The van der Waals surface area contributed by atoms with Gasteiger partial charge in [0.15, 0.2) is 10.9 Å². The second kappa shape index (κ2) is 5.93. The molecule has 0 spiro atoms. The van der Waals surface area contributed by atoms with Gasteiger partial charge in [-0.3, -0.25) is 14.9 Å². The van der Waals surface area contributed by atoms with Gasteiger partial charge in [0, 0.05) is 11.1 Å². The molecule has 116 valence electrons. The molecule has 0 saturated heterocycles. The van der Waals surface area contributed by atoms with Crippen molar-refractivity contribution < 1.29 is 9.59 Å². The van der Waals surface area contributed by atoms with Crippen LogP contribution in [0.15, 0.2) is 36.4 Å². The average Bonchev–Trinajstić information content (AvgIpc) is 2.94. The van der Waals surface area contributed by atoms with E-state index in [2.05, 4.69) is 16.4 Å². The van der Waals surface area contributed by atoms with Crippen LogP contribution in [0.5, 0.6) is 0 Å². The van der Waals surface area contributed by atoms with Gasteiger partial charge in [-0.05, 0) is 50.1 Å². The van der Waals surface area contributed by atoms with Crippen molar-refractivity contribution in [1.29, 1.82) is 0 Å². The van der Waals surface area contributed by atoms with Crippen LogP contribution in [-0.4, -0.2) is 16.7 Å². The fraction of sp³-hybridized carbons (Fsp3) is 0.167. The minimum Gasteiger partial charge on any atom is -0.298 e. The number of amides is 1. The quantitative estimate of drug-likeness (QED) is 0.728. The molecule has 4 nitrogen and oxygen atoms in total. The lowest BCUT2D eigenvalue weighted by atomic mass is 10.1. The molecule has 1 N–H and O–H groups in total. The number of benzene rings is 2. The van der Waals surface area contributed by atoms with Gasteiger partial charge in [0.05, 0.1) is 10.2 Å². The molecule has 2 aromatic carbocycles. The van der Waals surface area contributed by atoms with Crippen molar-refractivity contribution in [2.24, 2.45) is 0 Å². The SMILES string of the molecule is CC(=O)c1ccc(C(=O)Nc2nc3c(C)c(C)ccc3s2)cc1. The number of aromatic nitrogens is 1. The Balaban J connectivity index is 1.85. The smallest absolute Gasteiger partial charge is 0.257 e. The van der Waals surface area contributed by atoms with Crippen LogP contribution in [0.2, 0.25) is 0 Å². The lowest BCUT2D eigenvalue weighted by Crippen LogP contribution is -2.11. The van der Waals surface area contributed by atoms with Gasteiger partial charge in [0.1, 0.15) is 0 Å². The van der Waals surface area contributed by atoms with Crippen LogP contribution >= 0.6 is 11.3 Å². The number of carbonyl (C=O) groups is 2. The first-order valence-electron chi connectivity index (χ1n) is 7.25. The van der Waals surface area contributed by atoms with Crippen molar-refractivity contribution in [2.75, 3.05) is 5.32 Å². The molecular weight excluding hydrogens is 308 g/mol. The van der Waals surface area contributed by atoms with Crippen molar-refractivity contribution in [3.05, 3.63) is 58.7 Å². The fourth-order valence-electron chi connectivity index (χ4n) is 2.31. The molecule has 0 aliphatic rings. The summed E-state index contributed by atoms with van der Waals surface area (Å²) in [5, 5.41) is 3.40. The van der Waals surface area contributed by atoms with Crippen LogP contribution in [0.3, 0.4) is 0 Å². The standard InChI is InChI=1S/C18H16N2O2S/c1-10-4-9-15-16(11(10)2)19-18(23-15)20-17(22)14-7-5-13(6-8-14)12(3)21/h4-9H,1-3H3,(H,19,20,22). The lowest BCUT2D eigenvalue weighted by molar-refractivity contribution is 0.101. The van der Waals surface area contributed by atoms with E-state index >= 15 is 0 Å². The van der Waals surface area contributed by atoms with Crippen LogP contribution in [0.4, 0.5) is 5.13 Å². The molecule has 0 saturated carbocycles. The van der Waals surface area contributed by atoms with Crippen LogP contribution < -0.4 is 5.32 Å². The van der Waals surface area contributed by atoms with Gasteiger partial charge in [-0.25, -0.2) is 4.98 Å². The number of hydrogen-bond acceptors (Lipinski definition) is 4. The highest BCUT2D eigenvalue weighted by Crippen LogP contribution is 2.29. The third kappa shape index (κ3) is 3.00. The second-order valence-corrected chi connectivity index (χ2v) is 6.49. The summed E-state index contributed by atoms with van der Waals surface area (Å²) >= 11 is 1.45. The molecule has 3 rings (SSSR count). The summed E-state index contributed by atoms with van der Waals surface area (Å²) in [5.74, 6) is -0.248. The number of fused-ring (bicyclic) bond motifs is 1. The first-order valence-corrected chi connectivity index (χ1v) is 8.06. The molecular formula is C18H16N2O2S. The van der Waals surface area contributed by atoms with E-state index in [4.69, 9.17) is 0 Å². The average molecular weight is 324 g/mol. The molecule has 0 aliphatic carbocycles. The van der Waals surface area contributed by atoms with Crippen molar-refractivity contribution in [1.82, 2.24) is 4.98 Å². The Morgan fingerprint density at radius 3 is 2.30 bits per heavy atom. The Hall–Kier alpha value is -2.53. The number of thiazole rings is 1. The highest BCUT2D eigenvalue weighted by atomic mass is 32.1. The number of ketones is 1. The molecule has 0 atom stereocenters. The van der Waals surface area contributed by atoms with Crippen LogP contribution in [0, 0.1) is 13.8 Å². The summed E-state index contributed by atoms with van der Waals surface area (Å²) < 4.78 is 1.05. The zero-order valence-electron chi connectivity index (χ0n) is 13.1. The third-order valence-electron chi connectivity index (χ3n) is 3.86. The Labute approximate surface area is 138 Å². The number of aryl methyl sites for hydroxylation is 2. The predicted octanol–water partition coefficient (Wildman–Crippen LogP) is 4.37. The summed E-state index contributed by atoms with van der Waals surface area (Å²) in [4.78, 5) is 28.1. The molecule has 1 aromatic heterocycles. The van der Waals surface area contributed by atoms with E-state index in [1.54, 1.807) is 24.3 Å². The van der Waals surface area contributed by atoms with E-state index in [0.29, 0.717) is 16.3 Å². The van der Waals surface area contributed by atoms with E-state index in [1.165, 1.54) is 23.8 Å².